The molecule has 0 N–H and O–H groups in total. The average Bonchev–Trinajstić information content (AvgIpc) is 2.37. The molecule has 1 aliphatic heterocycles. The van der Waals surface area contributed by atoms with E-state index in [4.69, 9.17) is 14.2 Å². The summed E-state index contributed by atoms with van der Waals surface area (Å²) < 4.78 is 15.1. The van der Waals surface area contributed by atoms with Crippen LogP contribution in [-0.2, 0) is 30.4 Å². The highest BCUT2D eigenvalue weighted by Crippen LogP contribution is 2.11. The highest BCUT2D eigenvalue weighted by Gasteiger charge is 2.35. The van der Waals surface area contributed by atoms with Gasteiger partial charge in [0.25, 0.3) is 0 Å². The Hall–Kier alpha value is -1.88. The van der Waals surface area contributed by atoms with Crippen LogP contribution < -0.4 is 0 Å². The third-order valence-electron chi connectivity index (χ3n) is 2.53. The maximum Gasteiger partial charge on any atom is 0.350 e. The van der Waals surface area contributed by atoms with Gasteiger partial charge in [0.05, 0.1) is 13.2 Å². The summed E-state index contributed by atoms with van der Waals surface area (Å²) in [5, 5.41) is 0. The zero-order valence-electron chi connectivity index (χ0n) is 10.00. The van der Waals surface area contributed by atoms with Crippen LogP contribution in [0.3, 0.4) is 0 Å². The van der Waals surface area contributed by atoms with E-state index in [9.17, 15) is 9.59 Å². The molecule has 0 amide bonds. The highest BCUT2D eigenvalue weighted by molar-refractivity contribution is 5.87. The van der Waals surface area contributed by atoms with Gasteiger partial charge in [-0.05, 0) is 12.5 Å². The molecule has 2 unspecified atom stereocenters. The molecule has 0 saturated carbocycles. The molecule has 2 atom stereocenters. The van der Waals surface area contributed by atoms with E-state index in [0.29, 0.717) is 6.61 Å². The summed E-state index contributed by atoms with van der Waals surface area (Å²) in [5.41, 5.74) is 0.987. The molecule has 2 rings (SSSR count). The van der Waals surface area contributed by atoms with E-state index >= 15 is 0 Å². The standard InChI is InChI=1S/C13H14O5/c1-9-12(14)18-11(13(15)17-9)8-16-7-10-5-3-2-4-6-10/h2-6,9,11H,7-8H2,1H3. The molecule has 0 radical (unpaired) electrons. The Balaban J connectivity index is 1.80. The Bertz CT molecular complexity index is 428. The van der Waals surface area contributed by atoms with Crippen molar-refractivity contribution in [3.05, 3.63) is 35.9 Å². The van der Waals surface area contributed by atoms with Crippen LogP contribution in [0.5, 0.6) is 0 Å². The van der Waals surface area contributed by atoms with Crippen LogP contribution in [-0.4, -0.2) is 30.8 Å². The van der Waals surface area contributed by atoms with Crippen molar-refractivity contribution in [3.8, 4) is 0 Å². The van der Waals surface area contributed by atoms with Crippen LogP contribution in [0.1, 0.15) is 12.5 Å². The molecule has 0 aliphatic carbocycles. The Labute approximate surface area is 105 Å². The van der Waals surface area contributed by atoms with Crippen LogP contribution in [0.15, 0.2) is 30.3 Å². The first-order chi connectivity index (χ1) is 8.66. The minimum absolute atomic E-state index is 0.00614. The molecule has 0 bridgehead atoms. The van der Waals surface area contributed by atoms with Gasteiger partial charge in [0.2, 0.25) is 6.10 Å². The summed E-state index contributed by atoms with van der Waals surface area (Å²) >= 11 is 0. The fourth-order valence-corrected chi connectivity index (χ4v) is 1.54. The maximum absolute atomic E-state index is 11.4. The van der Waals surface area contributed by atoms with Gasteiger partial charge in [-0.3, -0.25) is 0 Å². The molecule has 5 nitrogen and oxygen atoms in total. The quantitative estimate of drug-likeness (QED) is 0.748. The number of benzene rings is 1. The highest BCUT2D eigenvalue weighted by atomic mass is 16.7. The van der Waals surface area contributed by atoms with E-state index in [0.717, 1.165) is 5.56 Å². The summed E-state index contributed by atoms with van der Waals surface area (Å²) in [6.07, 6.45) is -1.79. The van der Waals surface area contributed by atoms with E-state index in [2.05, 4.69) is 0 Å². The SMILES string of the molecule is CC1OC(=O)C(COCc2ccccc2)OC1=O. The number of carbonyl (C=O) groups excluding carboxylic acids is 2. The lowest BCUT2D eigenvalue weighted by atomic mass is 10.2. The molecule has 1 fully saturated rings. The molecular weight excluding hydrogens is 236 g/mol. The van der Waals surface area contributed by atoms with Crippen molar-refractivity contribution in [2.75, 3.05) is 6.61 Å². The van der Waals surface area contributed by atoms with Crippen LogP contribution in [0.25, 0.3) is 0 Å². The van der Waals surface area contributed by atoms with Crippen LogP contribution in [0.2, 0.25) is 0 Å². The van der Waals surface area contributed by atoms with Gasteiger partial charge in [0.15, 0.2) is 6.10 Å². The van der Waals surface area contributed by atoms with Crippen molar-refractivity contribution >= 4 is 11.9 Å². The second-order valence-electron chi connectivity index (χ2n) is 4.01. The van der Waals surface area contributed by atoms with Crippen LogP contribution >= 0.6 is 0 Å². The number of hydrogen-bond acceptors (Lipinski definition) is 5. The van der Waals surface area contributed by atoms with Gasteiger partial charge >= 0.3 is 11.9 Å². The fourth-order valence-electron chi connectivity index (χ4n) is 1.54. The first-order valence-corrected chi connectivity index (χ1v) is 5.69. The molecule has 1 aliphatic rings. The average molecular weight is 250 g/mol. The van der Waals surface area contributed by atoms with Crippen molar-refractivity contribution in [1.82, 2.24) is 0 Å². The van der Waals surface area contributed by atoms with Gasteiger partial charge in [-0.1, -0.05) is 30.3 Å². The van der Waals surface area contributed by atoms with E-state index < -0.39 is 24.1 Å². The molecule has 1 aromatic rings. The largest absolute Gasteiger partial charge is 0.448 e. The Morgan fingerprint density at radius 3 is 2.56 bits per heavy atom. The molecule has 1 heterocycles. The Morgan fingerprint density at radius 2 is 1.83 bits per heavy atom. The monoisotopic (exact) mass is 250 g/mol. The van der Waals surface area contributed by atoms with Crippen molar-refractivity contribution in [3.63, 3.8) is 0 Å². The second kappa shape index (κ2) is 5.64. The third-order valence-corrected chi connectivity index (χ3v) is 2.53. The molecule has 0 aromatic heterocycles. The van der Waals surface area contributed by atoms with E-state index in [-0.39, 0.29) is 6.61 Å². The van der Waals surface area contributed by atoms with Crippen LogP contribution in [0, 0.1) is 0 Å². The van der Waals surface area contributed by atoms with Gasteiger partial charge < -0.3 is 14.2 Å². The van der Waals surface area contributed by atoms with E-state index in [1.54, 1.807) is 0 Å². The number of carbonyl (C=O) groups is 2. The molecule has 1 aromatic carbocycles. The molecule has 5 heteroatoms. The van der Waals surface area contributed by atoms with Gasteiger partial charge in [-0.25, -0.2) is 9.59 Å². The van der Waals surface area contributed by atoms with Crippen LogP contribution in [0.4, 0.5) is 0 Å². The normalized spacial score (nSPS) is 23.4. The predicted molar refractivity (Wildman–Crippen MR) is 61.5 cm³/mol. The van der Waals surface area contributed by atoms with Gasteiger partial charge in [0, 0.05) is 0 Å². The summed E-state index contributed by atoms with van der Waals surface area (Å²) in [6.45, 7) is 1.84. The van der Waals surface area contributed by atoms with E-state index in [1.165, 1.54) is 6.92 Å². The molecule has 0 spiro atoms. The third kappa shape index (κ3) is 3.07. The lowest BCUT2D eigenvalue weighted by molar-refractivity contribution is -0.197. The molecular formula is C13H14O5. The summed E-state index contributed by atoms with van der Waals surface area (Å²) in [5.74, 6) is -1.10. The molecule has 96 valence electrons. The van der Waals surface area contributed by atoms with Crippen molar-refractivity contribution in [2.24, 2.45) is 0 Å². The lowest BCUT2D eigenvalue weighted by Crippen LogP contribution is -2.44. The minimum Gasteiger partial charge on any atom is -0.448 e. The Kier molecular flexibility index (Phi) is 3.94. The fraction of sp³-hybridized carbons (Fsp3) is 0.385. The zero-order valence-corrected chi connectivity index (χ0v) is 10.00. The lowest BCUT2D eigenvalue weighted by Gasteiger charge is -2.25. The first kappa shape index (κ1) is 12.6. The number of rotatable bonds is 4. The van der Waals surface area contributed by atoms with Gasteiger partial charge in [0.1, 0.15) is 0 Å². The van der Waals surface area contributed by atoms with Crippen molar-refractivity contribution in [2.45, 2.75) is 25.7 Å². The first-order valence-electron chi connectivity index (χ1n) is 5.69. The van der Waals surface area contributed by atoms with Crippen molar-refractivity contribution in [1.29, 1.82) is 0 Å². The number of cyclic esters (lactones) is 2. The predicted octanol–water partition coefficient (Wildman–Crippen LogP) is 1.06. The molecule has 18 heavy (non-hydrogen) atoms. The van der Waals surface area contributed by atoms with Gasteiger partial charge in [-0.2, -0.15) is 0 Å². The minimum atomic E-state index is -0.961. The number of esters is 2. The zero-order chi connectivity index (χ0) is 13.0. The van der Waals surface area contributed by atoms with E-state index in [1.807, 2.05) is 30.3 Å². The van der Waals surface area contributed by atoms with Gasteiger partial charge in [-0.15, -0.1) is 0 Å². The second-order valence-corrected chi connectivity index (χ2v) is 4.01. The number of ether oxygens (including phenoxy) is 3. The van der Waals surface area contributed by atoms with Crippen molar-refractivity contribution < 1.29 is 23.8 Å². The summed E-state index contributed by atoms with van der Waals surface area (Å²) in [4.78, 5) is 22.6. The summed E-state index contributed by atoms with van der Waals surface area (Å²) in [7, 11) is 0. The molecule has 1 saturated heterocycles. The summed E-state index contributed by atoms with van der Waals surface area (Å²) in [6, 6.07) is 9.52. The number of hydrogen-bond donors (Lipinski definition) is 0. The smallest absolute Gasteiger partial charge is 0.350 e. The Morgan fingerprint density at radius 1 is 1.11 bits per heavy atom. The maximum atomic E-state index is 11.4. The topological polar surface area (TPSA) is 61.8 Å².